The molecule has 1 aromatic carbocycles. The average Bonchev–Trinajstić information content (AvgIpc) is 3.17. The Kier molecular flexibility index (Phi) is 4.53. The summed E-state index contributed by atoms with van der Waals surface area (Å²) in [6, 6.07) is 9.12. The molecule has 0 bridgehead atoms. The van der Waals surface area contributed by atoms with Crippen molar-refractivity contribution in [3.8, 4) is 5.75 Å². The number of thiophene rings is 1. The van der Waals surface area contributed by atoms with Crippen LogP contribution in [0.15, 0.2) is 24.3 Å². The fourth-order valence-electron chi connectivity index (χ4n) is 2.49. The maximum absolute atomic E-state index is 5.99. The summed E-state index contributed by atoms with van der Waals surface area (Å²) in [7, 11) is 0. The molecule has 1 aromatic heterocycles. The van der Waals surface area contributed by atoms with Gasteiger partial charge in [-0.05, 0) is 55.5 Å². The van der Waals surface area contributed by atoms with Gasteiger partial charge in [-0.2, -0.15) is 0 Å². The van der Waals surface area contributed by atoms with Gasteiger partial charge >= 0.3 is 0 Å². The Balaban J connectivity index is 1.66. The summed E-state index contributed by atoms with van der Waals surface area (Å²) in [4.78, 5) is 1.15. The van der Waals surface area contributed by atoms with E-state index in [-0.39, 0.29) is 0 Å². The molecule has 1 saturated carbocycles. The van der Waals surface area contributed by atoms with E-state index in [2.05, 4.69) is 31.3 Å². The first-order chi connectivity index (χ1) is 10.1. The number of halogens is 1. The number of hydrogen-bond donors (Lipinski definition) is 1. The van der Waals surface area contributed by atoms with Gasteiger partial charge in [-0.3, -0.25) is 0 Å². The van der Waals surface area contributed by atoms with Gasteiger partial charge < -0.3 is 10.1 Å². The van der Waals surface area contributed by atoms with Crippen molar-refractivity contribution in [2.45, 2.75) is 45.9 Å². The van der Waals surface area contributed by atoms with Crippen LogP contribution in [0.25, 0.3) is 0 Å². The molecule has 0 spiro atoms. The zero-order chi connectivity index (χ0) is 14.8. The highest BCUT2D eigenvalue weighted by atomic mass is 35.5. The lowest BCUT2D eigenvalue weighted by molar-refractivity contribution is 0.305. The van der Waals surface area contributed by atoms with Gasteiger partial charge in [0.1, 0.15) is 12.4 Å². The van der Waals surface area contributed by atoms with Gasteiger partial charge in [0.15, 0.2) is 0 Å². The molecule has 0 unspecified atom stereocenters. The van der Waals surface area contributed by atoms with Crippen molar-refractivity contribution in [2.24, 2.45) is 0 Å². The molecule has 2 nitrogen and oxygen atoms in total. The molecule has 3 rings (SSSR count). The Morgan fingerprint density at radius 1 is 1.24 bits per heavy atom. The molecule has 0 aliphatic heterocycles. The first-order valence-electron chi connectivity index (χ1n) is 7.32. The molecule has 2 aromatic rings. The predicted octanol–water partition coefficient (Wildman–Crippen LogP) is 4.85. The Morgan fingerprint density at radius 2 is 1.95 bits per heavy atom. The third-order valence-corrected chi connectivity index (χ3v) is 4.88. The van der Waals surface area contributed by atoms with E-state index in [0.29, 0.717) is 6.61 Å². The fourth-order valence-corrected chi connectivity index (χ4v) is 3.49. The molecule has 21 heavy (non-hydrogen) atoms. The van der Waals surface area contributed by atoms with Gasteiger partial charge in [0.2, 0.25) is 0 Å². The van der Waals surface area contributed by atoms with Crippen LogP contribution in [0.1, 0.15) is 34.4 Å². The van der Waals surface area contributed by atoms with Crippen molar-refractivity contribution in [2.75, 3.05) is 0 Å². The minimum atomic E-state index is 0.582. The summed E-state index contributed by atoms with van der Waals surface area (Å²) in [5.41, 5.74) is 3.74. The molecule has 112 valence electrons. The molecule has 1 aliphatic rings. The smallest absolute Gasteiger partial charge is 0.125 e. The SMILES string of the molecule is Cc1cc(CNC2CC2)cc(C)c1OCc1ccc(Cl)s1. The topological polar surface area (TPSA) is 21.3 Å². The number of aryl methyl sites for hydroxylation is 2. The molecular formula is C17H20ClNOS. The second-order valence-corrected chi connectivity index (χ2v) is 7.51. The molecule has 0 saturated heterocycles. The quantitative estimate of drug-likeness (QED) is 0.821. The lowest BCUT2D eigenvalue weighted by atomic mass is 10.1. The van der Waals surface area contributed by atoms with E-state index in [1.165, 1.54) is 29.5 Å². The average molecular weight is 322 g/mol. The Hall–Kier alpha value is -1.03. The maximum Gasteiger partial charge on any atom is 0.125 e. The molecule has 1 aliphatic carbocycles. The van der Waals surface area contributed by atoms with Crippen LogP contribution in [0, 0.1) is 13.8 Å². The van der Waals surface area contributed by atoms with Crippen molar-refractivity contribution in [1.82, 2.24) is 5.32 Å². The van der Waals surface area contributed by atoms with Crippen molar-refractivity contribution in [3.63, 3.8) is 0 Å². The van der Waals surface area contributed by atoms with Crippen molar-refractivity contribution in [3.05, 3.63) is 50.2 Å². The Labute approximate surface area is 135 Å². The van der Waals surface area contributed by atoms with Crippen LogP contribution in [-0.4, -0.2) is 6.04 Å². The fraction of sp³-hybridized carbons (Fsp3) is 0.412. The third kappa shape index (κ3) is 4.00. The van der Waals surface area contributed by atoms with Gasteiger partial charge in [0.05, 0.1) is 4.34 Å². The van der Waals surface area contributed by atoms with E-state index < -0.39 is 0 Å². The molecule has 4 heteroatoms. The van der Waals surface area contributed by atoms with Crippen LogP contribution >= 0.6 is 22.9 Å². The van der Waals surface area contributed by atoms with E-state index in [9.17, 15) is 0 Å². The van der Waals surface area contributed by atoms with Crippen LogP contribution in [0.5, 0.6) is 5.75 Å². The predicted molar refractivity (Wildman–Crippen MR) is 89.4 cm³/mol. The lowest BCUT2D eigenvalue weighted by Crippen LogP contribution is -2.15. The molecular weight excluding hydrogens is 302 g/mol. The summed E-state index contributed by atoms with van der Waals surface area (Å²) >= 11 is 7.52. The summed E-state index contributed by atoms with van der Waals surface area (Å²) in [6.07, 6.45) is 2.64. The molecule has 0 radical (unpaired) electrons. The second kappa shape index (κ2) is 6.39. The van der Waals surface area contributed by atoms with Crippen LogP contribution < -0.4 is 10.1 Å². The number of rotatable bonds is 6. The van der Waals surface area contributed by atoms with Gasteiger partial charge in [0.25, 0.3) is 0 Å². The first-order valence-corrected chi connectivity index (χ1v) is 8.52. The summed E-state index contributed by atoms with van der Waals surface area (Å²) in [5.74, 6) is 0.995. The van der Waals surface area contributed by atoms with E-state index >= 15 is 0 Å². The minimum absolute atomic E-state index is 0.582. The van der Waals surface area contributed by atoms with Crippen molar-refractivity contribution in [1.29, 1.82) is 0 Å². The number of benzene rings is 1. The molecule has 0 amide bonds. The largest absolute Gasteiger partial charge is 0.488 e. The van der Waals surface area contributed by atoms with Crippen LogP contribution in [0.2, 0.25) is 4.34 Å². The first kappa shape index (κ1) is 14.9. The van der Waals surface area contributed by atoms with Gasteiger partial charge in [-0.25, -0.2) is 0 Å². The van der Waals surface area contributed by atoms with E-state index in [4.69, 9.17) is 16.3 Å². The van der Waals surface area contributed by atoms with E-state index in [1.54, 1.807) is 11.3 Å². The third-order valence-electron chi connectivity index (χ3n) is 3.68. The maximum atomic E-state index is 5.99. The van der Waals surface area contributed by atoms with Crippen LogP contribution in [-0.2, 0) is 13.2 Å². The van der Waals surface area contributed by atoms with Crippen molar-refractivity contribution >= 4 is 22.9 Å². The number of nitrogens with one attached hydrogen (secondary N) is 1. The molecule has 1 N–H and O–H groups in total. The van der Waals surface area contributed by atoms with Gasteiger partial charge in [-0.1, -0.05) is 23.7 Å². The normalized spacial score (nSPS) is 14.4. The zero-order valence-corrected chi connectivity index (χ0v) is 14.0. The standard InChI is InChI=1S/C17H20ClNOS/c1-11-7-13(9-19-14-3-4-14)8-12(2)17(11)20-10-15-5-6-16(18)21-15/h5-8,14,19H,3-4,9-10H2,1-2H3. The lowest BCUT2D eigenvalue weighted by Gasteiger charge is -2.14. The number of hydrogen-bond acceptors (Lipinski definition) is 3. The molecule has 1 fully saturated rings. The van der Waals surface area contributed by atoms with Crippen molar-refractivity contribution < 1.29 is 4.74 Å². The Morgan fingerprint density at radius 3 is 2.52 bits per heavy atom. The monoisotopic (exact) mass is 321 g/mol. The highest BCUT2D eigenvalue weighted by molar-refractivity contribution is 7.16. The van der Waals surface area contributed by atoms with E-state index in [0.717, 1.165) is 27.5 Å². The summed E-state index contributed by atoms with van der Waals surface area (Å²) in [6.45, 7) is 5.76. The minimum Gasteiger partial charge on any atom is -0.488 e. The summed E-state index contributed by atoms with van der Waals surface area (Å²) < 4.78 is 6.80. The van der Waals surface area contributed by atoms with Gasteiger partial charge in [0, 0.05) is 17.5 Å². The summed E-state index contributed by atoms with van der Waals surface area (Å²) in [5, 5.41) is 3.55. The highest BCUT2D eigenvalue weighted by Crippen LogP contribution is 2.28. The molecule has 0 atom stereocenters. The van der Waals surface area contributed by atoms with Crippen LogP contribution in [0.3, 0.4) is 0 Å². The number of ether oxygens (including phenoxy) is 1. The highest BCUT2D eigenvalue weighted by Gasteiger charge is 2.20. The van der Waals surface area contributed by atoms with E-state index in [1.807, 2.05) is 12.1 Å². The van der Waals surface area contributed by atoms with Crippen LogP contribution in [0.4, 0.5) is 0 Å². The van der Waals surface area contributed by atoms with Gasteiger partial charge in [-0.15, -0.1) is 11.3 Å². The second-order valence-electron chi connectivity index (χ2n) is 5.71. The zero-order valence-electron chi connectivity index (χ0n) is 12.4. The Bertz CT molecular complexity index is 610. The molecule has 1 heterocycles.